The zero-order valence-electron chi connectivity index (χ0n) is 65.2. The molecule has 0 saturated carbocycles. The van der Waals surface area contributed by atoms with Crippen LogP contribution < -0.4 is 0 Å². The smallest absolute Gasteiger partial charge is 0.462 e. The molecule has 0 spiro atoms. The Hall–Kier alpha value is -1.94. The Kier molecular flexibility index (Phi) is 73.8. The summed E-state index contributed by atoms with van der Waals surface area (Å²) in [6.45, 7) is 4.98. The number of ether oxygens (including phenoxy) is 4. The van der Waals surface area contributed by atoms with E-state index in [0.717, 1.165) is 103 Å². The minimum Gasteiger partial charge on any atom is -0.462 e. The maximum absolute atomic E-state index is 13.1. The van der Waals surface area contributed by atoms with Crippen molar-refractivity contribution in [2.24, 2.45) is 0 Å². The maximum atomic E-state index is 13.1. The van der Waals surface area contributed by atoms with Crippen LogP contribution in [0.15, 0.2) is 0 Å². The first kappa shape index (κ1) is 98.1. The van der Waals surface area contributed by atoms with Crippen molar-refractivity contribution in [2.75, 3.05) is 39.6 Å². The van der Waals surface area contributed by atoms with Gasteiger partial charge in [0.2, 0.25) is 0 Å². The number of aliphatic hydroxyl groups is 1. The molecule has 0 aliphatic heterocycles. The number of carbonyl (C=O) groups excluding carboxylic acids is 4. The van der Waals surface area contributed by atoms with Crippen molar-refractivity contribution in [3.8, 4) is 0 Å². The van der Waals surface area contributed by atoms with Crippen LogP contribution in [0.3, 0.4) is 0 Å². The van der Waals surface area contributed by atoms with Gasteiger partial charge in [-0.1, -0.05) is 387 Å². The largest absolute Gasteiger partial charge is 0.472 e. The number of hydrogen-bond acceptors (Lipinski definition) is 15. The van der Waals surface area contributed by atoms with E-state index in [9.17, 15) is 43.2 Å². The maximum Gasteiger partial charge on any atom is 0.472 e. The number of aliphatic hydroxyl groups excluding tert-OH is 1. The van der Waals surface area contributed by atoms with Gasteiger partial charge in [-0.3, -0.25) is 37.3 Å². The monoisotopic (exact) mass is 1470 g/mol. The molecule has 0 heterocycles. The van der Waals surface area contributed by atoms with E-state index in [1.165, 1.54) is 257 Å². The Labute approximate surface area is 613 Å². The van der Waals surface area contributed by atoms with Crippen molar-refractivity contribution in [2.45, 2.75) is 457 Å². The summed E-state index contributed by atoms with van der Waals surface area (Å²) in [6, 6.07) is 0. The standard InChI is InChI=1S/C81H158O17P2/c1-5-9-13-17-21-24-27-30-32-34-36-38-40-42-45-47-50-54-58-62-66-79(84)92-72-77(98-81(86)68-64-60-56-52-49-46-43-41-39-37-35-33-31-28-25-22-18-14-10-6-2)74-96-100(89,90)94-70-75(82)69-93-99(87,88)95-73-76(71-91-78(83)65-61-57-53-20-16-12-8-4)97-80(85)67-63-59-55-51-48-44-29-26-23-19-15-11-7-3/h75-77,82H,5-74H2,1-4H3,(H,87,88)(H,89,90)/t75-,76+,77+/m0/s1. The second-order valence-electron chi connectivity index (χ2n) is 29.2. The highest BCUT2D eigenvalue weighted by molar-refractivity contribution is 7.47. The van der Waals surface area contributed by atoms with Crippen LogP contribution in [0.25, 0.3) is 0 Å². The number of phosphoric acid groups is 2. The van der Waals surface area contributed by atoms with E-state index < -0.39 is 97.5 Å². The lowest BCUT2D eigenvalue weighted by Crippen LogP contribution is -2.30. The van der Waals surface area contributed by atoms with Crippen LogP contribution in [0.1, 0.15) is 439 Å². The van der Waals surface area contributed by atoms with Gasteiger partial charge in [-0.15, -0.1) is 0 Å². The Balaban J connectivity index is 5.16. The molecule has 0 saturated heterocycles. The van der Waals surface area contributed by atoms with Crippen molar-refractivity contribution in [1.82, 2.24) is 0 Å². The van der Waals surface area contributed by atoms with Crippen molar-refractivity contribution in [3.05, 3.63) is 0 Å². The van der Waals surface area contributed by atoms with Crippen LogP contribution >= 0.6 is 15.6 Å². The zero-order valence-corrected chi connectivity index (χ0v) is 67.0. The van der Waals surface area contributed by atoms with Gasteiger partial charge in [-0.05, 0) is 25.7 Å². The molecule has 17 nitrogen and oxygen atoms in total. The normalized spacial score (nSPS) is 13.8. The lowest BCUT2D eigenvalue weighted by molar-refractivity contribution is -0.161. The summed E-state index contributed by atoms with van der Waals surface area (Å²) >= 11 is 0. The second-order valence-corrected chi connectivity index (χ2v) is 32.1. The van der Waals surface area contributed by atoms with Crippen LogP contribution in [0.2, 0.25) is 0 Å². The molecule has 594 valence electrons. The molecule has 0 aromatic rings. The summed E-state index contributed by atoms with van der Waals surface area (Å²) in [5, 5.41) is 10.6. The first-order chi connectivity index (χ1) is 48.7. The highest BCUT2D eigenvalue weighted by atomic mass is 31.2. The van der Waals surface area contributed by atoms with Crippen LogP contribution in [-0.2, 0) is 65.4 Å². The molecule has 0 aromatic carbocycles. The first-order valence-corrected chi connectivity index (χ1v) is 45.3. The van der Waals surface area contributed by atoms with E-state index in [1.54, 1.807) is 0 Å². The molecule has 19 heteroatoms. The molecule has 0 radical (unpaired) electrons. The van der Waals surface area contributed by atoms with Crippen LogP contribution in [0.4, 0.5) is 0 Å². The number of rotatable bonds is 82. The third kappa shape index (κ3) is 74.3. The van der Waals surface area contributed by atoms with Gasteiger partial charge < -0.3 is 33.8 Å². The predicted molar refractivity (Wildman–Crippen MR) is 409 cm³/mol. The Morgan fingerprint density at radius 1 is 0.240 bits per heavy atom. The van der Waals surface area contributed by atoms with Gasteiger partial charge in [0.05, 0.1) is 26.4 Å². The van der Waals surface area contributed by atoms with Crippen LogP contribution in [0.5, 0.6) is 0 Å². The first-order valence-electron chi connectivity index (χ1n) is 42.3. The average molecular weight is 1470 g/mol. The molecule has 0 aromatic heterocycles. The van der Waals surface area contributed by atoms with Crippen molar-refractivity contribution in [1.29, 1.82) is 0 Å². The van der Waals surface area contributed by atoms with E-state index in [-0.39, 0.29) is 25.7 Å². The summed E-state index contributed by atoms with van der Waals surface area (Å²) in [4.78, 5) is 72.8. The molecule has 0 aliphatic rings. The SMILES string of the molecule is CCCCCCCCCCCCCCCCCCCCCCC(=O)OC[C@H](COP(=O)(O)OC[C@@H](O)COP(=O)(O)OC[C@@H](COC(=O)CCCCCCCCC)OC(=O)CCCCCCCCCCCCCCC)OC(=O)CCCCCCCCCCCCCCCCCCCCCC. The summed E-state index contributed by atoms with van der Waals surface area (Å²) in [5.41, 5.74) is 0. The Morgan fingerprint density at radius 2 is 0.400 bits per heavy atom. The number of unbranched alkanes of at least 4 members (excludes halogenated alkanes) is 56. The van der Waals surface area contributed by atoms with Crippen LogP contribution in [-0.4, -0.2) is 96.7 Å². The number of hydrogen-bond donors (Lipinski definition) is 3. The minimum atomic E-state index is -4.96. The number of phosphoric ester groups is 2. The van der Waals surface area contributed by atoms with E-state index >= 15 is 0 Å². The van der Waals surface area contributed by atoms with Crippen LogP contribution in [0, 0.1) is 0 Å². The van der Waals surface area contributed by atoms with Gasteiger partial charge >= 0.3 is 39.5 Å². The van der Waals surface area contributed by atoms with Gasteiger partial charge in [0.1, 0.15) is 19.3 Å². The summed E-state index contributed by atoms with van der Waals surface area (Å²) in [7, 11) is -9.91. The van der Waals surface area contributed by atoms with E-state index in [0.29, 0.717) is 25.7 Å². The fraction of sp³-hybridized carbons (Fsp3) is 0.951. The van der Waals surface area contributed by atoms with Crippen molar-refractivity contribution >= 4 is 39.5 Å². The number of carbonyl (C=O) groups is 4. The average Bonchev–Trinajstić information content (AvgIpc) is 0.999. The molecular weight excluding hydrogens is 1310 g/mol. The fourth-order valence-electron chi connectivity index (χ4n) is 12.6. The predicted octanol–water partition coefficient (Wildman–Crippen LogP) is 24.6. The molecule has 0 fully saturated rings. The van der Waals surface area contributed by atoms with Gasteiger partial charge in [0.25, 0.3) is 0 Å². The highest BCUT2D eigenvalue weighted by Gasteiger charge is 2.30. The van der Waals surface area contributed by atoms with Gasteiger partial charge in [0, 0.05) is 25.7 Å². The summed E-state index contributed by atoms with van der Waals surface area (Å²) < 4.78 is 68.6. The molecule has 0 bridgehead atoms. The zero-order chi connectivity index (χ0) is 73.2. The summed E-state index contributed by atoms with van der Waals surface area (Å²) in [5.74, 6) is -2.11. The minimum absolute atomic E-state index is 0.108. The Bertz CT molecular complexity index is 1890. The number of esters is 4. The quantitative estimate of drug-likeness (QED) is 0.0222. The van der Waals surface area contributed by atoms with Gasteiger partial charge in [-0.25, -0.2) is 9.13 Å². The second kappa shape index (κ2) is 75.3. The van der Waals surface area contributed by atoms with Gasteiger partial charge in [0.15, 0.2) is 12.2 Å². The lowest BCUT2D eigenvalue weighted by Gasteiger charge is -2.21. The third-order valence-electron chi connectivity index (χ3n) is 19.1. The lowest BCUT2D eigenvalue weighted by atomic mass is 10.0. The Morgan fingerprint density at radius 3 is 0.590 bits per heavy atom. The molecule has 0 aliphatic carbocycles. The summed E-state index contributed by atoms with van der Waals surface area (Å²) in [6.07, 6.45) is 68.3. The molecule has 3 N–H and O–H groups in total. The molecule has 0 amide bonds. The molecule has 5 atom stereocenters. The molecule has 2 unspecified atom stereocenters. The fourth-order valence-corrected chi connectivity index (χ4v) is 14.2. The van der Waals surface area contributed by atoms with E-state index in [4.69, 9.17) is 37.0 Å². The van der Waals surface area contributed by atoms with Crippen molar-refractivity contribution < 1.29 is 80.2 Å². The molecular formula is C81H158O17P2. The topological polar surface area (TPSA) is 237 Å². The van der Waals surface area contributed by atoms with E-state index in [2.05, 4.69) is 27.7 Å². The molecule has 0 rings (SSSR count). The highest BCUT2D eigenvalue weighted by Crippen LogP contribution is 2.45. The van der Waals surface area contributed by atoms with Crippen molar-refractivity contribution in [3.63, 3.8) is 0 Å². The third-order valence-corrected chi connectivity index (χ3v) is 21.0. The van der Waals surface area contributed by atoms with E-state index in [1.807, 2.05) is 0 Å². The van der Waals surface area contributed by atoms with Gasteiger partial charge in [-0.2, -0.15) is 0 Å². The molecule has 100 heavy (non-hydrogen) atoms.